The normalized spacial score (nSPS) is 19.5. The van der Waals surface area contributed by atoms with Crippen molar-refractivity contribution in [3.63, 3.8) is 0 Å². The van der Waals surface area contributed by atoms with E-state index in [1.165, 1.54) is 25.3 Å². The summed E-state index contributed by atoms with van der Waals surface area (Å²) in [5.41, 5.74) is 0.569. The van der Waals surface area contributed by atoms with E-state index in [-0.39, 0.29) is 11.7 Å². The number of hydrogen-bond acceptors (Lipinski definition) is 2. The van der Waals surface area contributed by atoms with Crippen molar-refractivity contribution >= 4 is 5.91 Å². The van der Waals surface area contributed by atoms with Crippen molar-refractivity contribution in [3.8, 4) is 0 Å². The first-order chi connectivity index (χ1) is 10.1. The van der Waals surface area contributed by atoms with Gasteiger partial charge in [-0.25, -0.2) is 4.39 Å². The minimum atomic E-state index is -0.249. The van der Waals surface area contributed by atoms with Crippen LogP contribution >= 0.6 is 0 Å². The molecular formula is C17H25FN2O. The topological polar surface area (TPSA) is 23.6 Å². The smallest absolute Gasteiger partial charge is 0.236 e. The Hall–Kier alpha value is -1.42. The van der Waals surface area contributed by atoms with Crippen LogP contribution in [0.1, 0.15) is 38.2 Å². The lowest BCUT2D eigenvalue weighted by Gasteiger charge is -2.35. The van der Waals surface area contributed by atoms with Gasteiger partial charge in [-0.2, -0.15) is 0 Å². The van der Waals surface area contributed by atoms with Crippen LogP contribution in [0.5, 0.6) is 0 Å². The number of carbonyl (C=O) groups is 1. The fourth-order valence-electron chi connectivity index (χ4n) is 3.00. The van der Waals surface area contributed by atoms with Gasteiger partial charge in [0, 0.05) is 25.2 Å². The van der Waals surface area contributed by atoms with E-state index in [1.54, 1.807) is 30.1 Å². The third-order valence-electron chi connectivity index (χ3n) is 4.35. The molecule has 1 amide bonds. The Balaban J connectivity index is 1.91. The van der Waals surface area contributed by atoms with Crippen LogP contribution in [0.4, 0.5) is 4.39 Å². The fourth-order valence-corrected chi connectivity index (χ4v) is 3.00. The predicted molar refractivity (Wildman–Crippen MR) is 82.4 cm³/mol. The Morgan fingerprint density at radius 3 is 2.86 bits per heavy atom. The molecule has 3 nitrogen and oxygen atoms in total. The van der Waals surface area contributed by atoms with Crippen LogP contribution in [0.15, 0.2) is 24.3 Å². The zero-order chi connectivity index (χ0) is 15.2. The van der Waals surface area contributed by atoms with E-state index in [4.69, 9.17) is 0 Å². The second-order valence-electron chi connectivity index (χ2n) is 5.87. The zero-order valence-corrected chi connectivity index (χ0v) is 13.0. The monoisotopic (exact) mass is 292 g/mol. The van der Waals surface area contributed by atoms with Gasteiger partial charge in [-0.1, -0.05) is 31.5 Å². The van der Waals surface area contributed by atoms with Gasteiger partial charge >= 0.3 is 0 Å². The van der Waals surface area contributed by atoms with E-state index in [0.29, 0.717) is 24.7 Å². The SMILES string of the molecule is CCC1CCCCN1CC(=O)N(C)Cc1ccccc1F. The van der Waals surface area contributed by atoms with E-state index >= 15 is 0 Å². The molecule has 0 spiro atoms. The van der Waals surface area contributed by atoms with Crippen molar-refractivity contribution in [2.24, 2.45) is 0 Å². The molecule has 1 saturated heterocycles. The van der Waals surface area contributed by atoms with Gasteiger partial charge in [0.15, 0.2) is 0 Å². The first kappa shape index (κ1) is 16.0. The molecule has 21 heavy (non-hydrogen) atoms. The molecule has 1 aliphatic rings. The molecule has 4 heteroatoms. The summed E-state index contributed by atoms with van der Waals surface area (Å²) in [5.74, 6) is -0.180. The molecule has 1 aromatic rings. The number of piperidine rings is 1. The van der Waals surface area contributed by atoms with E-state index in [9.17, 15) is 9.18 Å². The molecule has 116 valence electrons. The molecule has 0 N–H and O–H groups in total. The highest BCUT2D eigenvalue weighted by atomic mass is 19.1. The maximum atomic E-state index is 13.6. The van der Waals surface area contributed by atoms with E-state index in [1.807, 2.05) is 0 Å². The Labute approximate surface area is 126 Å². The molecule has 1 unspecified atom stereocenters. The summed E-state index contributed by atoms with van der Waals surface area (Å²) in [6.45, 7) is 3.95. The van der Waals surface area contributed by atoms with Crippen molar-refractivity contribution in [2.75, 3.05) is 20.1 Å². The molecule has 1 atom stereocenters. The summed E-state index contributed by atoms with van der Waals surface area (Å²) in [5, 5.41) is 0. The molecule has 1 heterocycles. The van der Waals surface area contributed by atoms with E-state index in [0.717, 1.165) is 13.0 Å². The number of likely N-dealkylation sites (tertiary alicyclic amines) is 1. The van der Waals surface area contributed by atoms with Gasteiger partial charge in [0.1, 0.15) is 5.82 Å². The first-order valence-corrected chi connectivity index (χ1v) is 7.83. The van der Waals surface area contributed by atoms with Crippen molar-refractivity contribution in [1.82, 2.24) is 9.80 Å². The summed E-state index contributed by atoms with van der Waals surface area (Å²) in [6, 6.07) is 7.15. The molecule has 0 saturated carbocycles. The third-order valence-corrected chi connectivity index (χ3v) is 4.35. The van der Waals surface area contributed by atoms with E-state index < -0.39 is 0 Å². The van der Waals surface area contributed by atoms with Gasteiger partial charge in [-0.3, -0.25) is 9.69 Å². The second-order valence-corrected chi connectivity index (χ2v) is 5.87. The molecule has 0 aliphatic carbocycles. The minimum Gasteiger partial charge on any atom is -0.340 e. The Kier molecular flexibility index (Phi) is 5.74. The van der Waals surface area contributed by atoms with Gasteiger partial charge in [0.05, 0.1) is 6.54 Å². The van der Waals surface area contributed by atoms with Crippen molar-refractivity contribution in [3.05, 3.63) is 35.6 Å². The number of nitrogens with zero attached hydrogens (tertiary/aromatic N) is 2. The zero-order valence-electron chi connectivity index (χ0n) is 13.0. The number of rotatable bonds is 5. The Bertz CT molecular complexity index is 478. The number of benzene rings is 1. The second kappa shape index (κ2) is 7.55. The molecule has 1 fully saturated rings. The number of likely N-dealkylation sites (N-methyl/N-ethyl adjacent to an activating group) is 1. The fraction of sp³-hybridized carbons (Fsp3) is 0.588. The van der Waals surface area contributed by atoms with Crippen LogP contribution in [-0.4, -0.2) is 41.9 Å². The summed E-state index contributed by atoms with van der Waals surface area (Å²) >= 11 is 0. The molecule has 1 aromatic carbocycles. The van der Waals surface area contributed by atoms with Crippen LogP contribution in [0.25, 0.3) is 0 Å². The lowest BCUT2D eigenvalue weighted by Crippen LogP contribution is -2.45. The molecule has 1 aliphatic heterocycles. The molecule has 0 radical (unpaired) electrons. The highest BCUT2D eigenvalue weighted by Crippen LogP contribution is 2.19. The first-order valence-electron chi connectivity index (χ1n) is 7.83. The van der Waals surface area contributed by atoms with Gasteiger partial charge in [-0.05, 0) is 31.9 Å². The summed E-state index contributed by atoms with van der Waals surface area (Å²) in [7, 11) is 1.75. The quantitative estimate of drug-likeness (QED) is 0.833. The average Bonchev–Trinajstić information content (AvgIpc) is 2.50. The number of hydrogen-bond donors (Lipinski definition) is 0. The lowest BCUT2D eigenvalue weighted by atomic mass is 10.00. The molecule has 0 bridgehead atoms. The number of amides is 1. The molecular weight excluding hydrogens is 267 g/mol. The largest absolute Gasteiger partial charge is 0.340 e. The standard InChI is InChI=1S/C17H25FN2O/c1-3-15-9-6-7-11-20(15)13-17(21)19(2)12-14-8-4-5-10-16(14)18/h4-5,8,10,15H,3,6-7,9,11-13H2,1-2H3. The molecule has 0 aromatic heterocycles. The van der Waals surface area contributed by atoms with Crippen LogP contribution in [0.2, 0.25) is 0 Å². The Morgan fingerprint density at radius 2 is 2.14 bits per heavy atom. The van der Waals surface area contributed by atoms with Gasteiger partial charge < -0.3 is 4.90 Å². The summed E-state index contributed by atoms with van der Waals surface area (Å²) in [6.07, 6.45) is 4.69. The van der Waals surface area contributed by atoms with Crippen LogP contribution < -0.4 is 0 Å². The highest BCUT2D eigenvalue weighted by molar-refractivity contribution is 5.78. The Morgan fingerprint density at radius 1 is 1.38 bits per heavy atom. The lowest BCUT2D eigenvalue weighted by molar-refractivity contribution is -0.132. The van der Waals surface area contributed by atoms with Gasteiger partial charge in [0.25, 0.3) is 0 Å². The maximum Gasteiger partial charge on any atom is 0.236 e. The average molecular weight is 292 g/mol. The van der Waals surface area contributed by atoms with Crippen LogP contribution in [0.3, 0.4) is 0 Å². The number of carbonyl (C=O) groups excluding carboxylic acids is 1. The minimum absolute atomic E-state index is 0.0682. The highest BCUT2D eigenvalue weighted by Gasteiger charge is 2.24. The van der Waals surface area contributed by atoms with Crippen molar-refractivity contribution in [1.29, 1.82) is 0 Å². The number of halogens is 1. The maximum absolute atomic E-state index is 13.6. The van der Waals surface area contributed by atoms with Gasteiger partial charge in [-0.15, -0.1) is 0 Å². The van der Waals surface area contributed by atoms with Crippen molar-refractivity contribution in [2.45, 2.75) is 45.2 Å². The molecule has 2 rings (SSSR count). The predicted octanol–water partition coefficient (Wildman–Crippen LogP) is 3.05. The summed E-state index contributed by atoms with van der Waals surface area (Å²) in [4.78, 5) is 16.3. The third kappa shape index (κ3) is 4.27. The van der Waals surface area contributed by atoms with Crippen molar-refractivity contribution < 1.29 is 9.18 Å². The summed E-state index contributed by atoms with van der Waals surface area (Å²) < 4.78 is 13.6. The van der Waals surface area contributed by atoms with Gasteiger partial charge in [0.2, 0.25) is 5.91 Å². The van der Waals surface area contributed by atoms with E-state index in [2.05, 4.69) is 11.8 Å². The van der Waals surface area contributed by atoms with Crippen LogP contribution in [-0.2, 0) is 11.3 Å². The van der Waals surface area contributed by atoms with Crippen LogP contribution in [0, 0.1) is 5.82 Å².